The molecule has 0 fully saturated rings. The molecular formula is C59H37N3O. The van der Waals surface area contributed by atoms with Crippen LogP contribution in [0.15, 0.2) is 229 Å². The van der Waals surface area contributed by atoms with Gasteiger partial charge in [0.1, 0.15) is 11.2 Å². The minimum Gasteiger partial charge on any atom is -0.456 e. The molecule has 0 aliphatic heterocycles. The van der Waals surface area contributed by atoms with E-state index in [4.69, 9.17) is 22.1 Å². The van der Waals surface area contributed by atoms with Crippen LogP contribution in [0.2, 0.25) is 0 Å². The van der Waals surface area contributed by atoms with E-state index in [1.54, 1.807) is 12.1 Å². The van der Waals surface area contributed by atoms with Gasteiger partial charge in [-0.1, -0.05) is 182 Å². The lowest BCUT2D eigenvalue weighted by molar-refractivity contribution is 0.669. The largest absolute Gasteiger partial charge is 0.456 e. The van der Waals surface area contributed by atoms with E-state index in [0.717, 1.165) is 76.9 Å². The Bertz CT molecular complexity index is 3910. The van der Waals surface area contributed by atoms with Gasteiger partial charge in [0.15, 0.2) is 17.5 Å². The first-order chi connectivity index (χ1) is 32.8. The van der Waals surface area contributed by atoms with E-state index >= 15 is 0 Å². The fourth-order valence-electron chi connectivity index (χ4n) is 8.57. The Morgan fingerprint density at radius 1 is 0.302 bits per heavy atom. The number of aromatic nitrogens is 3. The lowest BCUT2D eigenvalue weighted by Gasteiger charge is -2.12. The number of fused-ring (bicyclic) bond motifs is 5. The van der Waals surface area contributed by atoms with Gasteiger partial charge < -0.3 is 4.42 Å². The van der Waals surface area contributed by atoms with E-state index in [0.29, 0.717) is 28.3 Å². The fourth-order valence-corrected chi connectivity index (χ4v) is 8.57. The second-order valence-electron chi connectivity index (χ2n) is 15.7. The fraction of sp³-hybridized carbons (Fsp3) is 0. The standard InChI is InChI=1S/C59H37N3O/c1-2-11-38(12-3-1)40-23-26-41(27-24-40)57-60-58(50-17-8-15-43(36-50)45-28-25-39-13-4-5-14-42(39)33-45)62-59(61-57)51-18-9-16-44(37-51)46-29-30-48-35-49(32-31-47(48)34-46)52-20-10-22-55-56(52)53-19-6-7-21-54(53)63-55/h1-37H/i23D,24D,26D,27D. The third kappa shape index (κ3) is 6.80. The van der Waals surface area contributed by atoms with E-state index in [1.165, 1.54) is 0 Å². The minimum absolute atomic E-state index is 0.00695. The van der Waals surface area contributed by atoms with E-state index in [-0.39, 0.29) is 41.1 Å². The Kier molecular flexibility index (Phi) is 7.81. The summed E-state index contributed by atoms with van der Waals surface area (Å²) in [6.45, 7) is 0. The van der Waals surface area contributed by atoms with Crippen molar-refractivity contribution in [1.82, 2.24) is 15.0 Å². The molecule has 0 aliphatic carbocycles. The summed E-state index contributed by atoms with van der Waals surface area (Å²) in [5, 5.41) is 6.69. The molecule has 0 bridgehead atoms. The third-order valence-corrected chi connectivity index (χ3v) is 11.8. The van der Waals surface area contributed by atoms with E-state index in [1.807, 2.05) is 97.1 Å². The Balaban J connectivity index is 0.966. The SMILES string of the molecule is [2H]c1c([2H])c(-c2nc(-c3cccc(-c4ccc5ccccc5c4)c3)nc(-c3cccc(-c4ccc5cc(-c6cccc7oc8ccccc8c67)ccc5c4)c3)n2)c([2H])c([2H])c1-c1ccccc1. The number of furan rings is 1. The van der Waals surface area contributed by atoms with Crippen molar-refractivity contribution in [2.45, 2.75) is 0 Å². The second kappa shape index (κ2) is 15.2. The average Bonchev–Trinajstić information content (AvgIpc) is 3.77. The molecule has 12 aromatic rings. The van der Waals surface area contributed by atoms with Crippen LogP contribution in [0, 0.1) is 0 Å². The van der Waals surface area contributed by atoms with Gasteiger partial charge in [-0.2, -0.15) is 0 Å². The van der Waals surface area contributed by atoms with E-state index in [9.17, 15) is 2.74 Å². The summed E-state index contributed by atoms with van der Waals surface area (Å²) in [5.41, 5.74) is 10.2. The highest BCUT2D eigenvalue weighted by atomic mass is 16.3. The topological polar surface area (TPSA) is 51.8 Å². The van der Waals surface area contributed by atoms with Crippen molar-refractivity contribution < 1.29 is 9.90 Å². The first-order valence-electron chi connectivity index (χ1n) is 22.9. The first kappa shape index (κ1) is 32.3. The molecule has 0 spiro atoms. The van der Waals surface area contributed by atoms with E-state index < -0.39 is 0 Å². The maximum Gasteiger partial charge on any atom is 0.164 e. The Morgan fingerprint density at radius 2 is 0.762 bits per heavy atom. The molecule has 0 saturated carbocycles. The van der Waals surface area contributed by atoms with Crippen molar-refractivity contribution in [3.05, 3.63) is 224 Å². The zero-order chi connectivity index (χ0) is 45.2. The van der Waals surface area contributed by atoms with Crippen molar-refractivity contribution >= 4 is 43.5 Å². The normalized spacial score (nSPS) is 12.4. The van der Waals surface area contributed by atoms with Gasteiger partial charge in [-0.3, -0.25) is 0 Å². The van der Waals surface area contributed by atoms with Crippen LogP contribution in [-0.2, 0) is 0 Å². The van der Waals surface area contributed by atoms with Crippen LogP contribution in [0.3, 0.4) is 0 Å². The van der Waals surface area contributed by atoms with Gasteiger partial charge in [0.2, 0.25) is 0 Å². The highest BCUT2D eigenvalue weighted by Crippen LogP contribution is 2.38. The second-order valence-corrected chi connectivity index (χ2v) is 15.7. The van der Waals surface area contributed by atoms with Crippen LogP contribution in [-0.4, -0.2) is 15.0 Å². The Hall–Kier alpha value is -8.47. The summed E-state index contributed by atoms with van der Waals surface area (Å²) in [5.74, 6) is 0.740. The van der Waals surface area contributed by atoms with Crippen LogP contribution < -0.4 is 0 Å². The zero-order valence-corrected chi connectivity index (χ0v) is 33.8. The molecule has 0 radical (unpaired) electrons. The molecule has 0 saturated heterocycles. The maximum absolute atomic E-state index is 9.26. The molecule has 2 aromatic heterocycles. The van der Waals surface area contributed by atoms with Crippen LogP contribution in [0.5, 0.6) is 0 Å². The monoisotopic (exact) mass is 807 g/mol. The Labute approximate surface area is 370 Å². The summed E-state index contributed by atoms with van der Waals surface area (Å²) >= 11 is 0. The summed E-state index contributed by atoms with van der Waals surface area (Å²) in [6, 6.07) is 66.3. The first-order valence-corrected chi connectivity index (χ1v) is 20.9. The van der Waals surface area contributed by atoms with Crippen LogP contribution in [0.25, 0.3) is 122 Å². The number of nitrogens with zero attached hydrogens (tertiary/aromatic N) is 3. The van der Waals surface area contributed by atoms with Gasteiger partial charge in [0.05, 0.1) is 5.48 Å². The molecular weight excluding hydrogens is 767 g/mol. The lowest BCUT2D eigenvalue weighted by Crippen LogP contribution is -2.00. The minimum atomic E-state index is -0.226. The predicted octanol–water partition coefficient (Wildman–Crippen LogP) is 15.7. The Morgan fingerprint density at radius 3 is 1.46 bits per heavy atom. The molecule has 0 N–H and O–H groups in total. The van der Waals surface area contributed by atoms with E-state index in [2.05, 4.69) is 91.0 Å². The number of hydrogen-bond acceptors (Lipinski definition) is 4. The molecule has 0 amide bonds. The average molecular weight is 808 g/mol. The predicted molar refractivity (Wildman–Crippen MR) is 260 cm³/mol. The summed E-state index contributed by atoms with van der Waals surface area (Å²) in [4.78, 5) is 14.9. The molecule has 10 aromatic carbocycles. The molecule has 0 atom stereocenters. The number of rotatable bonds is 7. The quantitative estimate of drug-likeness (QED) is 0.161. The number of benzene rings is 10. The molecule has 4 heteroatoms. The van der Waals surface area contributed by atoms with Gasteiger partial charge in [0, 0.05) is 27.5 Å². The lowest BCUT2D eigenvalue weighted by atomic mass is 9.95. The van der Waals surface area contributed by atoms with Crippen LogP contribution in [0.1, 0.15) is 5.48 Å². The van der Waals surface area contributed by atoms with Crippen molar-refractivity contribution in [2.24, 2.45) is 0 Å². The molecule has 294 valence electrons. The van der Waals surface area contributed by atoms with Gasteiger partial charge in [0.25, 0.3) is 0 Å². The summed E-state index contributed by atoms with van der Waals surface area (Å²) in [7, 11) is 0. The van der Waals surface area contributed by atoms with Gasteiger partial charge in [-0.05, 0) is 109 Å². The molecule has 0 unspecified atom stereocenters. The maximum atomic E-state index is 9.26. The highest BCUT2D eigenvalue weighted by molar-refractivity contribution is 6.13. The summed E-state index contributed by atoms with van der Waals surface area (Å²) < 4.78 is 42.9. The molecule has 4 nitrogen and oxygen atoms in total. The molecule has 2 heterocycles. The van der Waals surface area contributed by atoms with Gasteiger partial charge in [-0.15, -0.1) is 0 Å². The van der Waals surface area contributed by atoms with Crippen LogP contribution in [0.4, 0.5) is 0 Å². The van der Waals surface area contributed by atoms with Crippen molar-refractivity contribution in [1.29, 1.82) is 0 Å². The molecule has 12 rings (SSSR count). The zero-order valence-electron chi connectivity index (χ0n) is 37.8. The smallest absolute Gasteiger partial charge is 0.164 e. The van der Waals surface area contributed by atoms with Gasteiger partial charge >= 0.3 is 0 Å². The van der Waals surface area contributed by atoms with Crippen molar-refractivity contribution in [2.75, 3.05) is 0 Å². The third-order valence-electron chi connectivity index (χ3n) is 11.8. The van der Waals surface area contributed by atoms with Crippen molar-refractivity contribution in [3.8, 4) is 78.7 Å². The van der Waals surface area contributed by atoms with Crippen LogP contribution >= 0.6 is 0 Å². The highest BCUT2D eigenvalue weighted by Gasteiger charge is 2.16. The van der Waals surface area contributed by atoms with Crippen molar-refractivity contribution in [3.63, 3.8) is 0 Å². The number of para-hydroxylation sites is 1. The molecule has 0 aliphatic rings. The molecule has 63 heavy (non-hydrogen) atoms. The number of hydrogen-bond donors (Lipinski definition) is 0. The summed E-state index contributed by atoms with van der Waals surface area (Å²) in [6.07, 6.45) is 0. The van der Waals surface area contributed by atoms with Gasteiger partial charge in [-0.25, -0.2) is 15.0 Å².